The van der Waals surface area contributed by atoms with Gasteiger partial charge in [-0.1, -0.05) is 13.8 Å². The Bertz CT molecular complexity index is 433. The van der Waals surface area contributed by atoms with Crippen LogP contribution in [0.15, 0.2) is 0 Å². The van der Waals surface area contributed by atoms with Crippen molar-refractivity contribution >= 4 is 16.5 Å². The molecule has 0 aliphatic heterocycles. The number of hydrogen-bond donors (Lipinski definition) is 1. The minimum Gasteiger partial charge on any atom is -0.348 e. The Labute approximate surface area is 126 Å². The van der Waals surface area contributed by atoms with E-state index in [2.05, 4.69) is 31.0 Å². The van der Waals surface area contributed by atoms with Crippen molar-refractivity contribution in [1.29, 1.82) is 0 Å². The number of hydrogen-bond acceptors (Lipinski definition) is 4. The van der Waals surface area contributed by atoms with Crippen LogP contribution < -0.4 is 10.2 Å². The first-order valence-electron chi connectivity index (χ1n) is 8.06. The predicted molar refractivity (Wildman–Crippen MR) is 86.5 cm³/mol. The van der Waals surface area contributed by atoms with Crippen molar-refractivity contribution in [2.75, 3.05) is 18.0 Å². The maximum Gasteiger partial charge on any atom is 0.185 e. The molecule has 4 heteroatoms. The summed E-state index contributed by atoms with van der Waals surface area (Å²) in [6.07, 6.45) is 5.70. The molecular formula is C16H27N3S. The van der Waals surface area contributed by atoms with E-state index in [1.807, 2.05) is 11.3 Å². The van der Waals surface area contributed by atoms with E-state index < -0.39 is 0 Å². The van der Waals surface area contributed by atoms with Crippen LogP contribution in [0.3, 0.4) is 0 Å². The second-order valence-corrected chi connectivity index (χ2v) is 7.89. The number of nitrogens with zero attached hydrogens (tertiary/aromatic N) is 2. The summed E-state index contributed by atoms with van der Waals surface area (Å²) in [4.78, 5) is 8.84. The van der Waals surface area contributed by atoms with Crippen LogP contribution in [0.4, 0.5) is 5.13 Å². The zero-order chi connectivity index (χ0) is 14.1. The average molecular weight is 293 g/mol. The molecule has 3 rings (SSSR count). The molecule has 1 aromatic rings. The van der Waals surface area contributed by atoms with E-state index in [-0.39, 0.29) is 0 Å². The standard InChI is InChI=1S/C16H27N3S/c1-11(2)17-8-15-12(3)18-16(20-15)19(9-13-4-5-13)10-14-6-7-14/h11,13-14,17H,4-10H2,1-3H3. The van der Waals surface area contributed by atoms with E-state index in [0.29, 0.717) is 6.04 Å². The molecule has 0 atom stereocenters. The molecule has 0 amide bonds. The second-order valence-electron chi connectivity index (χ2n) is 6.83. The first-order valence-corrected chi connectivity index (χ1v) is 8.88. The van der Waals surface area contributed by atoms with Crippen LogP contribution in [0.25, 0.3) is 0 Å². The topological polar surface area (TPSA) is 28.2 Å². The minimum atomic E-state index is 0.536. The lowest BCUT2D eigenvalue weighted by Crippen LogP contribution is -2.27. The van der Waals surface area contributed by atoms with Crippen LogP contribution in [0.1, 0.15) is 50.1 Å². The third-order valence-electron chi connectivity index (χ3n) is 4.17. The van der Waals surface area contributed by atoms with Gasteiger partial charge in [0.25, 0.3) is 0 Å². The van der Waals surface area contributed by atoms with Gasteiger partial charge in [-0.05, 0) is 44.4 Å². The van der Waals surface area contributed by atoms with Crippen molar-refractivity contribution in [3.8, 4) is 0 Å². The van der Waals surface area contributed by atoms with E-state index in [4.69, 9.17) is 4.98 Å². The van der Waals surface area contributed by atoms with Crippen LogP contribution in [0.2, 0.25) is 0 Å². The Morgan fingerprint density at radius 2 is 1.80 bits per heavy atom. The summed E-state index contributed by atoms with van der Waals surface area (Å²) in [7, 11) is 0. The Morgan fingerprint density at radius 3 is 2.30 bits per heavy atom. The summed E-state index contributed by atoms with van der Waals surface area (Å²) in [5.74, 6) is 1.88. The van der Waals surface area contributed by atoms with Crippen LogP contribution >= 0.6 is 11.3 Å². The highest BCUT2D eigenvalue weighted by Crippen LogP contribution is 2.37. The number of rotatable bonds is 8. The van der Waals surface area contributed by atoms with Gasteiger partial charge in [0.1, 0.15) is 0 Å². The molecule has 2 saturated carbocycles. The van der Waals surface area contributed by atoms with E-state index in [1.165, 1.54) is 54.5 Å². The third-order valence-corrected chi connectivity index (χ3v) is 5.39. The largest absolute Gasteiger partial charge is 0.348 e. The summed E-state index contributed by atoms with van der Waals surface area (Å²) in [5.41, 5.74) is 1.22. The molecule has 3 nitrogen and oxygen atoms in total. The fraction of sp³-hybridized carbons (Fsp3) is 0.812. The number of aryl methyl sites for hydroxylation is 1. The van der Waals surface area contributed by atoms with Crippen LogP contribution in [-0.2, 0) is 6.54 Å². The summed E-state index contributed by atoms with van der Waals surface area (Å²) in [6, 6.07) is 0.536. The normalized spacial score (nSPS) is 18.8. The third kappa shape index (κ3) is 3.95. The molecule has 2 fully saturated rings. The van der Waals surface area contributed by atoms with Crippen LogP contribution in [-0.4, -0.2) is 24.1 Å². The first kappa shape index (κ1) is 14.3. The molecule has 1 heterocycles. The van der Waals surface area contributed by atoms with Crippen LogP contribution in [0, 0.1) is 18.8 Å². The molecule has 0 unspecified atom stereocenters. The number of aromatic nitrogens is 1. The molecule has 20 heavy (non-hydrogen) atoms. The lowest BCUT2D eigenvalue weighted by Gasteiger charge is -2.21. The molecule has 0 saturated heterocycles. The van der Waals surface area contributed by atoms with E-state index in [0.717, 1.165) is 18.4 Å². The maximum atomic E-state index is 4.86. The predicted octanol–water partition coefficient (Wildman–Crippen LogP) is 3.58. The van der Waals surface area contributed by atoms with E-state index in [1.54, 1.807) is 0 Å². The summed E-state index contributed by atoms with van der Waals surface area (Å²) in [6.45, 7) is 9.99. The van der Waals surface area contributed by atoms with Gasteiger partial charge in [0.15, 0.2) is 5.13 Å². The quantitative estimate of drug-likeness (QED) is 0.794. The van der Waals surface area contributed by atoms with Gasteiger partial charge in [0.2, 0.25) is 0 Å². The summed E-state index contributed by atoms with van der Waals surface area (Å²) < 4.78 is 0. The fourth-order valence-corrected chi connectivity index (χ4v) is 3.49. The molecule has 1 N–H and O–H groups in total. The molecule has 0 radical (unpaired) electrons. The Kier molecular flexibility index (Phi) is 4.32. The summed E-state index contributed by atoms with van der Waals surface area (Å²) in [5, 5.41) is 4.78. The average Bonchev–Trinajstić information content (AvgIpc) is 3.29. The van der Waals surface area contributed by atoms with E-state index in [9.17, 15) is 0 Å². The molecular weight excluding hydrogens is 266 g/mol. The molecule has 112 valence electrons. The molecule has 0 bridgehead atoms. The fourth-order valence-electron chi connectivity index (χ4n) is 2.46. The van der Waals surface area contributed by atoms with Crippen molar-refractivity contribution < 1.29 is 0 Å². The molecule has 2 aliphatic rings. The molecule has 0 spiro atoms. The highest BCUT2D eigenvalue weighted by atomic mass is 32.1. The van der Waals surface area contributed by atoms with E-state index >= 15 is 0 Å². The van der Waals surface area contributed by atoms with Crippen molar-refractivity contribution in [2.24, 2.45) is 11.8 Å². The smallest absolute Gasteiger partial charge is 0.185 e. The van der Waals surface area contributed by atoms with Crippen molar-refractivity contribution in [3.63, 3.8) is 0 Å². The highest BCUT2D eigenvalue weighted by Gasteiger charge is 2.30. The molecule has 0 aromatic carbocycles. The lowest BCUT2D eigenvalue weighted by atomic mass is 10.3. The zero-order valence-corrected chi connectivity index (χ0v) is 13.8. The summed E-state index contributed by atoms with van der Waals surface area (Å²) >= 11 is 1.90. The van der Waals surface area contributed by atoms with Gasteiger partial charge >= 0.3 is 0 Å². The number of nitrogens with one attached hydrogen (secondary N) is 1. The monoisotopic (exact) mass is 293 g/mol. The lowest BCUT2D eigenvalue weighted by molar-refractivity contribution is 0.591. The number of thiazole rings is 1. The minimum absolute atomic E-state index is 0.536. The first-order chi connectivity index (χ1) is 9.61. The number of anilines is 1. The van der Waals surface area contributed by atoms with Crippen molar-refractivity contribution in [1.82, 2.24) is 10.3 Å². The van der Waals surface area contributed by atoms with Gasteiger partial charge in [0, 0.05) is 30.6 Å². The van der Waals surface area contributed by atoms with Gasteiger partial charge in [0.05, 0.1) is 5.69 Å². The van der Waals surface area contributed by atoms with Crippen molar-refractivity contribution in [2.45, 2.75) is 59.0 Å². The molecule has 2 aliphatic carbocycles. The van der Waals surface area contributed by atoms with Gasteiger partial charge in [-0.3, -0.25) is 0 Å². The van der Waals surface area contributed by atoms with Crippen molar-refractivity contribution in [3.05, 3.63) is 10.6 Å². The van der Waals surface area contributed by atoms with Gasteiger partial charge in [-0.2, -0.15) is 0 Å². The maximum absolute atomic E-state index is 4.86. The van der Waals surface area contributed by atoms with Gasteiger partial charge in [-0.15, -0.1) is 11.3 Å². The Morgan fingerprint density at radius 1 is 1.20 bits per heavy atom. The SMILES string of the molecule is Cc1nc(N(CC2CC2)CC2CC2)sc1CNC(C)C. The van der Waals surface area contributed by atoms with Crippen LogP contribution in [0.5, 0.6) is 0 Å². The second kappa shape index (κ2) is 6.02. The Hall–Kier alpha value is -0.610. The Balaban J connectivity index is 1.66. The zero-order valence-electron chi connectivity index (χ0n) is 13.0. The highest BCUT2D eigenvalue weighted by molar-refractivity contribution is 7.15. The van der Waals surface area contributed by atoms with Gasteiger partial charge < -0.3 is 10.2 Å². The van der Waals surface area contributed by atoms with Gasteiger partial charge in [-0.25, -0.2) is 4.98 Å². The molecule has 1 aromatic heterocycles.